The molecule has 1 amide bonds. The van der Waals surface area contributed by atoms with Gasteiger partial charge in [0.05, 0.1) is 12.7 Å². The normalized spacial score (nSPS) is 16.5. The Morgan fingerprint density at radius 1 is 1.53 bits per heavy atom. The lowest BCUT2D eigenvalue weighted by Crippen LogP contribution is -2.45. The van der Waals surface area contributed by atoms with Crippen molar-refractivity contribution in [2.24, 2.45) is 0 Å². The van der Waals surface area contributed by atoms with E-state index in [0.717, 1.165) is 0 Å². The molecule has 1 aromatic carbocycles. The van der Waals surface area contributed by atoms with Crippen LogP contribution in [0.1, 0.15) is 29.6 Å². The van der Waals surface area contributed by atoms with Crippen LogP contribution in [0, 0.1) is 0 Å². The van der Waals surface area contributed by atoms with E-state index in [1.165, 1.54) is 19.3 Å². The van der Waals surface area contributed by atoms with E-state index < -0.39 is 0 Å². The molecule has 5 heteroatoms. The molecule has 104 valence electrons. The molecular formula is C14H20N2O2S. The molecule has 0 aliphatic heterocycles. The minimum absolute atomic E-state index is 0.121. The Morgan fingerprint density at radius 3 is 2.79 bits per heavy atom. The Balaban J connectivity index is 2.05. The molecule has 1 fully saturated rings. The Hall–Kier alpha value is -1.36. The van der Waals surface area contributed by atoms with Crippen molar-refractivity contribution in [3.8, 4) is 5.75 Å². The number of benzene rings is 1. The molecule has 0 radical (unpaired) electrons. The van der Waals surface area contributed by atoms with E-state index in [4.69, 9.17) is 10.5 Å². The average Bonchev–Trinajstić information content (AvgIpc) is 2.37. The minimum atomic E-state index is -0.121. The number of nitrogens with one attached hydrogen (secondary N) is 1. The summed E-state index contributed by atoms with van der Waals surface area (Å²) in [5.74, 6) is 0.433. The van der Waals surface area contributed by atoms with Gasteiger partial charge in [-0.25, -0.2) is 0 Å². The first-order chi connectivity index (χ1) is 9.10. The highest BCUT2D eigenvalue weighted by atomic mass is 32.2. The fraction of sp³-hybridized carbons (Fsp3) is 0.500. The van der Waals surface area contributed by atoms with Crippen LogP contribution in [0.4, 0.5) is 5.69 Å². The predicted octanol–water partition coefficient (Wildman–Crippen LogP) is 2.29. The highest BCUT2D eigenvalue weighted by molar-refractivity contribution is 8.00. The zero-order chi connectivity index (χ0) is 13.9. The number of methoxy groups -OCH3 is 1. The second-order valence-corrected chi connectivity index (χ2v) is 6.16. The van der Waals surface area contributed by atoms with Gasteiger partial charge in [0, 0.05) is 17.0 Å². The number of thioether (sulfide) groups is 1. The van der Waals surface area contributed by atoms with Gasteiger partial charge in [-0.2, -0.15) is 11.8 Å². The van der Waals surface area contributed by atoms with Gasteiger partial charge in [0.1, 0.15) is 5.75 Å². The number of carbonyl (C=O) groups is 1. The Bertz CT molecular complexity index is 467. The summed E-state index contributed by atoms with van der Waals surface area (Å²) >= 11 is 1.84. The molecular weight excluding hydrogens is 260 g/mol. The number of nitrogen functional groups attached to an aromatic ring is 1. The maximum Gasteiger partial charge on any atom is 0.255 e. The smallest absolute Gasteiger partial charge is 0.255 e. The molecule has 0 heterocycles. The number of ether oxygens (including phenoxy) is 1. The lowest BCUT2D eigenvalue weighted by Gasteiger charge is -2.40. The first kappa shape index (κ1) is 14.1. The van der Waals surface area contributed by atoms with E-state index in [2.05, 4.69) is 11.6 Å². The molecule has 0 spiro atoms. The van der Waals surface area contributed by atoms with Crippen LogP contribution >= 0.6 is 11.8 Å². The molecule has 1 saturated carbocycles. The van der Waals surface area contributed by atoms with Gasteiger partial charge in [-0.05, 0) is 37.3 Å². The Kier molecular flexibility index (Phi) is 4.24. The zero-order valence-electron chi connectivity index (χ0n) is 11.4. The number of amides is 1. The quantitative estimate of drug-likeness (QED) is 0.812. The van der Waals surface area contributed by atoms with Crippen LogP contribution in [-0.2, 0) is 0 Å². The maximum atomic E-state index is 12.2. The van der Waals surface area contributed by atoms with Gasteiger partial charge in [-0.15, -0.1) is 0 Å². The highest BCUT2D eigenvalue weighted by Gasteiger charge is 2.36. The molecule has 0 unspecified atom stereocenters. The monoisotopic (exact) mass is 280 g/mol. The van der Waals surface area contributed by atoms with Gasteiger partial charge in [-0.1, -0.05) is 6.42 Å². The third-order valence-electron chi connectivity index (χ3n) is 3.74. The van der Waals surface area contributed by atoms with Crippen molar-refractivity contribution in [1.29, 1.82) is 0 Å². The second kappa shape index (κ2) is 5.74. The fourth-order valence-electron chi connectivity index (χ4n) is 2.26. The van der Waals surface area contributed by atoms with E-state index in [-0.39, 0.29) is 10.7 Å². The molecule has 0 bridgehead atoms. The largest absolute Gasteiger partial charge is 0.496 e. The molecule has 0 saturated heterocycles. The van der Waals surface area contributed by atoms with Gasteiger partial charge in [0.25, 0.3) is 5.91 Å². The van der Waals surface area contributed by atoms with Crippen molar-refractivity contribution in [1.82, 2.24) is 5.32 Å². The summed E-state index contributed by atoms with van der Waals surface area (Å²) in [4.78, 5) is 12.2. The standard InChI is InChI=1S/C14H20N2O2S/c1-18-12-5-4-10(15)8-11(12)13(17)16-9-14(19-2)6-3-7-14/h4-5,8H,3,6-7,9,15H2,1-2H3,(H,16,17). The van der Waals surface area contributed by atoms with Crippen LogP contribution in [0.2, 0.25) is 0 Å². The third-order valence-corrected chi connectivity index (χ3v) is 5.16. The van der Waals surface area contributed by atoms with Crippen LogP contribution in [-0.4, -0.2) is 30.6 Å². The van der Waals surface area contributed by atoms with Gasteiger partial charge >= 0.3 is 0 Å². The summed E-state index contributed by atoms with van der Waals surface area (Å²) < 4.78 is 5.42. The van der Waals surface area contributed by atoms with Crippen LogP contribution in [0.3, 0.4) is 0 Å². The SMILES string of the molecule is COc1ccc(N)cc1C(=O)NCC1(SC)CCC1. The topological polar surface area (TPSA) is 64.3 Å². The molecule has 4 nitrogen and oxygen atoms in total. The summed E-state index contributed by atoms with van der Waals surface area (Å²) in [6.45, 7) is 0.699. The Morgan fingerprint density at radius 2 is 2.26 bits per heavy atom. The summed E-state index contributed by atoms with van der Waals surface area (Å²) in [6, 6.07) is 5.10. The number of anilines is 1. The Labute approximate surface area is 118 Å². The van der Waals surface area contributed by atoms with Crippen LogP contribution in [0.25, 0.3) is 0 Å². The summed E-state index contributed by atoms with van der Waals surface area (Å²) in [7, 11) is 1.55. The average molecular weight is 280 g/mol. The van der Waals surface area contributed by atoms with Crippen molar-refractivity contribution < 1.29 is 9.53 Å². The molecule has 19 heavy (non-hydrogen) atoms. The second-order valence-electron chi connectivity index (χ2n) is 4.88. The number of hydrogen-bond acceptors (Lipinski definition) is 4. The lowest BCUT2D eigenvalue weighted by atomic mass is 9.84. The molecule has 0 atom stereocenters. The van der Waals surface area contributed by atoms with Crippen molar-refractivity contribution >= 4 is 23.4 Å². The molecule has 2 rings (SSSR count). The van der Waals surface area contributed by atoms with Crippen molar-refractivity contribution in [2.75, 3.05) is 25.6 Å². The van der Waals surface area contributed by atoms with Crippen LogP contribution in [0.5, 0.6) is 5.75 Å². The molecule has 0 aromatic heterocycles. The molecule has 1 aromatic rings. The van der Waals surface area contributed by atoms with Crippen LogP contribution < -0.4 is 15.8 Å². The number of carbonyl (C=O) groups excluding carboxylic acids is 1. The molecule has 1 aliphatic rings. The van der Waals surface area contributed by atoms with Crippen molar-refractivity contribution in [3.05, 3.63) is 23.8 Å². The lowest BCUT2D eigenvalue weighted by molar-refractivity contribution is 0.0941. The first-order valence-electron chi connectivity index (χ1n) is 6.37. The predicted molar refractivity (Wildman–Crippen MR) is 79.8 cm³/mol. The fourth-order valence-corrected chi connectivity index (χ4v) is 3.18. The third kappa shape index (κ3) is 2.97. The van der Waals surface area contributed by atoms with Gasteiger partial charge in [-0.3, -0.25) is 4.79 Å². The first-order valence-corrected chi connectivity index (χ1v) is 7.59. The zero-order valence-corrected chi connectivity index (χ0v) is 12.2. The van der Waals surface area contributed by atoms with Crippen LogP contribution in [0.15, 0.2) is 18.2 Å². The van der Waals surface area contributed by atoms with Gasteiger partial charge in [0.2, 0.25) is 0 Å². The van der Waals surface area contributed by atoms with E-state index in [0.29, 0.717) is 23.5 Å². The molecule has 3 N–H and O–H groups in total. The minimum Gasteiger partial charge on any atom is -0.496 e. The number of rotatable bonds is 5. The summed E-state index contributed by atoms with van der Waals surface area (Å²) in [5, 5.41) is 3.00. The van der Waals surface area contributed by atoms with Crippen molar-refractivity contribution in [3.63, 3.8) is 0 Å². The molecule has 1 aliphatic carbocycles. The summed E-state index contributed by atoms with van der Waals surface area (Å²) in [5.41, 5.74) is 6.79. The van der Waals surface area contributed by atoms with Gasteiger partial charge < -0.3 is 15.8 Å². The van der Waals surface area contributed by atoms with E-state index in [1.54, 1.807) is 25.3 Å². The van der Waals surface area contributed by atoms with E-state index in [1.807, 2.05) is 11.8 Å². The van der Waals surface area contributed by atoms with E-state index >= 15 is 0 Å². The number of hydrogen-bond donors (Lipinski definition) is 2. The van der Waals surface area contributed by atoms with Crippen molar-refractivity contribution in [2.45, 2.75) is 24.0 Å². The maximum absolute atomic E-state index is 12.2. The van der Waals surface area contributed by atoms with Gasteiger partial charge in [0.15, 0.2) is 0 Å². The van der Waals surface area contributed by atoms with E-state index in [9.17, 15) is 4.79 Å². The summed E-state index contributed by atoms with van der Waals surface area (Å²) in [6.07, 6.45) is 5.69. The highest BCUT2D eigenvalue weighted by Crippen LogP contribution is 2.42. The number of nitrogens with two attached hydrogens (primary N) is 1.